The first-order valence-electron chi connectivity index (χ1n) is 8.28. The third-order valence-electron chi connectivity index (χ3n) is 4.61. The summed E-state index contributed by atoms with van der Waals surface area (Å²) in [6, 6.07) is 6.94. The van der Waals surface area contributed by atoms with Gasteiger partial charge in [-0.25, -0.2) is 13.8 Å². The molecule has 9 heteroatoms. The summed E-state index contributed by atoms with van der Waals surface area (Å²) in [4.78, 5) is 20.6. The quantitative estimate of drug-likeness (QED) is 0.860. The van der Waals surface area contributed by atoms with Crippen molar-refractivity contribution < 1.29 is 13.6 Å². The molecule has 0 spiro atoms. The Labute approximate surface area is 147 Å². The highest BCUT2D eigenvalue weighted by atomic mass is 32.1. The number of thiazole rings is 1. The van der Waals surface area contributed by atoms with E-state index >= 15 is 0 Å². The zero-order valence-electron chi connectivity index (χ0n) is 13.5. The van der Waals surface area contributed by atoms with Crippen molar-refractivity contribution in [2.45, 2.75) is 25.2 Å². The summed E-state index contributed by atoms with van der Waals surface area (Å²) in [6.45, 7) is 2.83. The van der Waals surface area contributed by atoms with Gasteiger partial charge < -0.3 is 10.2 Å². The molecule has 0 radical (unpaired) electrons. The number of alkyl halides is 2. The number of amides is 1. The summed E-state index contributed by atoms with van der Waals surface area (Å²) in [5.41, 5.74) is 0.992. The highest BCUT2D eigenvalue weighted by molar-refractivity contribution is 7.22. The van der Waals surface area contributed by atoms with Crippen molar-refractivity contribution in [1.29, 1.82) is 0 Å². The predicted octanol–water partition coefficient (Wildman–Crippen LogP) is 1.45. The highest BCUT2D eigenvalue weighted by Gasteiger charge is 2.35. The van der Waals surface area contributed by atoms with E-state index in [4.69, 9.17) is 0 Å². The summed E-state index contributed by atoms with van der Waals surface area (Å²) in [5, 5.41) is 6.58. The fourth-order valence-electron chi connectivity index (χ4n) is 3.24. The molecule has 6 nitrogen and oxygen atoms in total. The minimum absolute atomic E-state index is 0.181. The Morgan fingerprint density at radius 1 is 1.20 bits per heavy atom. The Kier molecular flexibility index (Phi) is 4.53. The maximum atomic E-state index is 12.9. The van der Waals surface area contributed by atoms with Crippen molar-refractivity contribution in [3.8, 4) is 0 Å². The number of para-hydroxylation sites is 1. The molecule has 2 saturated heterocycles. The molecule has 134 valence electrons. The molecule has 2 unspecified atom stereocenters. The van der Waals surface area contributed by atoms with E-state index in [2.05, 4.69) is 26.6 Å². The lowest BCUT2D eigenvalue weighted by Gasteiger charge is -2.42. The second-order valence-electron chi connectivity index (χ2n) is 6.27. The van der Waals surface area contributed by atoms with E-state index in [-0.39, 0.29) is 12.3 Å². The number of rotatable bonds is 3. The van der Waals surface area contributed by atoms with E-state index < -0.39 is 18.8 Å². The van der Waals surface area contributed by atoms with Gasteiger partial charge in [-0.15, -0.1) is 0 Å². The Morgan fingerprint density at radius 3 is 2.68 bits per heavy atom. The van der Waals surface area contributed by atoms with Crippen molar-refractivity contribution in [1.82, 2.24) is 20.5 Å². The molecule has 2 fully saturated rings. The van der Waals surface area contributed by atoms with Gasteiger partial charge >= 0.3 is 0 Å². The van der Waals surface area contributed by atoms with Gasteiger partial charge in [0, 0.05) is 32.6 Å². The zero-order chi connectivity index (χ0) is 17.4. The van der Waals surface area contributed by atoms with E-state index in [0.717, 1.165) is 28.4 Å². The lowest BCUT2D eigenvalue weighted by molar-refractivity contribution is -0.129. The van der Waals surface area contributed by atoms with Gasteiger partial charge in [-0.3, -0.25) is 15.0 Å². The fourth-order valence-corrected chi connectivity index (χ4v) is 4.26. The van der Waals surface area contributed by atoms with Gasteiger partial charge in [0.25, 0.3) is 6.43 Å². The molecular weight excluding hydrogens is 348 g/mol. The lowest BCUT2D eigenvalue weighted by atomic mass is 10.1. The van der Waals surface area contributed by atoms with E-state index in [1.54, 1.807) is 11.3 Å². The van der Waals surface area contributed by atoms with E-state index in [1.165, 1.54) is 0 Å². The minimum Gasteiger partial charge on any atom is -0.345 e. The van der Waals surface area contributed by atoms with Crippen molar-refractivity contribution in [3.63, 3.8) is 0 Å². The molecule has 2 aliphatic rings. The second kappa shape index (κ2) is 6.81. The van der Waals surface area contributed by atoms with Gasteiger partial charge in [0.05, 0.1) is 16.3 Å². The van der Waals surface area contributed by atoms with Gasteiger partial charge in [0.2, 0.25) is 5.91 Å². The molecule has 0 bridgehead atoms. The van der Waals surface area contributed by atoms with Gasteiger partial charge in [-0.2, -0.15) is 0 Å². The molecule has 3 heterocycles. The predicted molar refractivity (Wildman–Crippen MR) is 92.9 cm³/mol. The van der Waals surface area contributed by atoms with Crippen LogP contribution in [0.4, 0.5) is 13.9 Å². The van der Waals surface area contributed by atoms with Crippen LogP contribution in [0.15, 0.2) is 24.3 Å². The first-order chi connectivity index (χ1) is 12.1. The average Bonchev–Trinajstić information content (AvgIpc) is 3.05. The molecule has 2 aromatic rings. The zero-order valence-corrected chi connectivity index (χ0v) is 14.3. The SMILES string of the molecule is O=C1CC(C(F)F)NC(N2CCN(c3nc4ccccc4s3)CC2)N1. The number of nitrogens with one attached hydrogen (secondary N) is 2. The number of fused-ring (bicyclic) bond motifs is 1. The molecule has 1 aromatic heterocycles. The highest BCUT2D eigenvalue weighted by Crippen LogP contribution is 2.29. The number of hydrogen-bond donors (Lipinski definition) is 2. The molecule has 1 aromatic carbocycles. The molecule has 4 rings (SSSR count). The van der Waals surface area contributed by atoms with Crippen LogP contribution >= 0.6 is 11.3 Å². The molecule has 0 saturated carbocycles. The smallest absolute Gasteiger partial charge is 0.254 e. The first-order valence-corrected chi connectivity index (χ1v) is 9.10. The fraction of sp³-hybridized carbons (Fsp3) is 0.500. The van der Waals surface area contributed by atoms with E-state index in [0.29, 0.717) is 13.1 Å². The number of carbonyl (C=O) groups excluding carboxylic acids is 1. The Hall–Kier alpha value is -1.84. The van der Waals surface area contributed by atoms with E-state index in [9.17, 15) is 13.6 Å². The van der Waals surface area contributed by atoms with Gasteiger partial charge in [0.15, 0.2) is 5.13 Å². The maximum absolute atomic E-state index is 12.9. The number of halogens is 2. The Bertz CT molecular complexity index is 729. The largest absolute Gasteiger partial charge is 0.345 e. The van der Waals surface area contributed by atoms with Crippen LogP contribution in [0.2, 0.25) is 0 Å². The number of carbonyl (C=O) groups is 1. The summed E-state index contributed by atoms with van der Waals surface area (Å²) in [6.07, 6.45) is -3.25. The number of benzene rings is 1. The standard InChI is InChI=1S/C16H19F2N5OS/c17-14(18)11-9-13(24)21-15(19-11)22-5-7-23(8-6-22)16-20-10-3-1-2-4-12(10)25-16/h1-4,11,14-15,19H,5-9H2,(H,21,24). The van der Waals surface area contributed by atoms with Crippen LogP contribution in [0.25, 0.3) is 10.2 Å². The van der Waals surface area contributed by atoms with Gasteiger partial charge in [-0.1, -0.05) is 23.5 Å². The average molecular weight is 367 g/mol. The number of nitrogens with zero attached hydrogens (tertiary/aromatic N) is 3. The topological polar surface area (TPSA) is 60.5 Å². The molecule has 2 atom stereocenters. The third-order valence-corrected chi connectivity index (χ3v) is 5.71. The van der Waals surface area contributed by atoms with Crippen LogP contribution in [-0.4, -0.2) is 60.7 Å². The summed E-state index contributed by atoms with van der Waals surface area (Å²) in [7, 11) is 0. The van der Waals surface area contributed by atoms with E-state index in [1.807, 2.05) is 23.1 Å². The summed E-state index contributed by atoms with van der Waals surface area (Å²) >= 11 is 1.66. The number of anilines is 1. The molecule has 1 amide bonds. The summed E-state index contributed by atoms with van der Waals surface area (Å²) in [5.74, 6) is -0.331. The Morgan fingerprint density at radius 2 is 1.96 bits per heavy atom. The normalized spacial score (nSPS) is 25.6. The molecule has 2 aliphatic heterocycles. The van der Waals surface area contributed by atoms with Crippen LogP contribution < -0.4 is 15.5 Å². The van der Waals surface area contributed by atoms with Crippen molar-refractivity contribution in [2.75, 3.05) is 31.1 Å². The monoisotopic (exact) mass is 367 g/mol. The Balaban J connectivity index is 1.40. The molecule has 2 N–H and O–H groups in total. The van der Waals surface area contributed by atoms with Crippen LogP contribution in [0.1, 0.15) is 6.42 Å². The molecule has 25 heavy (non-hydrogen) atoms. The second-order valence-corrected chi connectivity index (χ2v) is 7.28. The third kappa shape index (κ3) is 3.44. The van der Waals surface area contributed by atoms with Crippen molar-refractivity contribution in [3.05, 3.63) is 24.3 Å². The van der Waals surface area contributed by atoms with Crippen LogP contribution in [-0.2, 0) is 4.79 Å². The van der Waals surface area contributed by atoms with Crippen LogP contribution in [0.3, 0.4) is 0 Å². The first kappa shape index (κ1) is 16.6. The minimum atomic E-state index is -2.54. The van der Waals surface area contributed by atoms with Gasteiger partial charge in [0.1, 0.15) is 6.29 Å². The van der Waals surface area contributed by atoms with Crippen LogP contribution in [0, 0.1) is 0 Å². The van der Waals surface area contributed by atoms with Gasteiger partial charge in [-0.05, 0) is 12.1 Å². The molecule has 0 aliphatic carbocycles. The van der Waals surface area contributed by atoms with Crippen LogP contribution in [0.5, 0.6) is 0 Å². The lowest BCUT2D eigenvalue weighted by Crippen LogP contribution is -2.67. The number of piperazine rings is 1. The number of aromatic nitrogens is 1. The van der Waals surface area contributed by atoms with Crippen molar-refractivity contribution in [2.24, 2.45) is 0 Å². The molecular formula is C16H19F2N5OS. The number of hydrogen-bond acceptors (Lipinski definition) is 6. The summed E-state index contributed by atoms with van der Waals surface area (Å²) < 4.78 is 27.0. The maximum Gasteiger partial charge on any atom is 0.254 e. The van der Waals surface area contributed by atoms with Crippen molar-refractivity contribution >= 4 is 32.6 Å².